The molecule has 0 radical (unpaired) electrons. The summed E-state index contributed by atoms with van der Waals surface area (Å²) in [5.41, 5.74) is 1.13. The Kier molecular flexibility index (Phi) is 7.11. The van der Waals surface area contributed by atoms with Crippen LogP contribution in [0.1, 0.15) is 41.0 Å². The fourth-order valence-corrected chi connectivity index (χ4v) is 3.51. The molecule has 3 rings (SSSR count). The van der Waals surface area contributed by atoms with Gasteiger partial charge in [-0.05, 0) is 44.5 Å². The largest absolute Gasteiger partial charge is 0.493 e. The van der Waals surface area contributed by atoms with E-state index in [1.54, 1.807) is 21.9 Å². The van der Waals surface area contributed by atoms with E-state index in [0.717, 1.165) is 6.42 Å². The molecule has 0 spiro atoms. The van der Waals surface area contributed by atoms with E-state index in [4.69, 9.17) is 9.47 Å². The van der Waals surface area contributed by atoms with Gasteiger partial charge >= 0.3 is 0 Å². The number of carbonyl (C=O) groups excluding carboxylic acids is 2. The predicted octanol–water partition coefficient (Wildman–Crippen LogP) is 3.47. The van der Waals surface area contributed by atoms with Crippen LogP contribution in [0, 0.1) is 0 Å². The van der Waals surface area contributed by atoms with E-state index in [2.05, 4.69) is 0 Å². The lowest BCUT2D eigenvalue weighted by Crippen LogP contribution is -2.37. The third-order valence-corrected chi connectivity index (χ3v) is 4.90. The number of benzene rings is 2. The number of hydrogen-bond donors (Lipinski definition) is 0. The number of carbonyl (C=O) groups is 2. The van der Waals surface area contributed by atoms with E-state index < -0.39 is 0 Å². The van der Waals surface area contributed by atoms with Gasteiger partial charge in [0.25, 0.3) is 11.8 Å². The van der Waals surface area contributed by atoms with Crippen LogP contribution in [-0.2, 0) is 0 Å². The van der Waals surface area contributed by atoms with Gasteiger partial charge in [0.05, 0.1) is 24.3 Å². The topological polar surface area (TPSA) is 59.1 Å². The summed E-state index contributed by atoms with van der Waals surface area (Å²) < 4.78 is 11.2. The highest BCUT2D eigenvalue weighted by Crippen LogP contribution is 2.23. The van der Waals surface area contributed by atoms with Gasteiger partial charge in [0.1, 0.15) is 11.5 Å². The van der Waals surface area contributed by atoms with Crippen molar-refractivity contribution in [2.75, 3.05) is 39.4 Å². The number of ether oxygens (including phenoxy) is 2. The van der Waals surface area contributed by atoms with Gasteiger partial charge in [-0.3, -0.25) is 9.59 Å². The maximum Gasteiger partial charge on any atom is 0.257 e. The van der Waals surface area contributed by atoms with Crippen molar-refractivity contribution in [1.82, 2.24) is 9.80 Å². The van der Waals surface area contributed by atoms with Gasteiger partial charge in [0.15, 0.2) is 0 Å². The number of para-hydroxylation sites is 2. The van der Waals surface area contributed by atoms with Gasteiger partial charge in [-0.25, -0.2) is 0 Å². The molecule has 1 fully saturated rings. The maximum absolute atomic E-state index is 13.1. The minimum absolute atomic E-state index is 0.0573. The van der Waals surface area contributed by atoms with Crippen molar-refractivity contribution in [2.24, 2.45) is 0 Å². The highest BCUT2D eigenvalue weighted by atomic mass is 16.5. The molecule has 154 valence electrons. The monoisotopic (exact) mass is 396 g/mol. The SMILES string of the molecule is CCOc1ccccc1C(=O)N1CCCN(C(=O)c2ccccc2OCC)CC1. The Morgan fingerprint density at radius 2 is 1.14 bits per heavy atom. The quantitative estimate of drug-likeness (QED) is 0.750. The molecule has 1 aliphatic rings. The summed E-state index contributed by atoms with van der Waals surface area (Å²) in [5.74, 6) is 1.08. The van der Waals surface area contributed by atoms with E-state index >= 15 is 0 Å². The van der Waals surface area contributed by atoms with E-state index in [1.165, 1.54) is 0 Å². The number of rotatable bonds is 6. The molecule has 6 heteroatoms. The minimum Gasteiger partial charge on any atom is -0.493 e. The summed E-state index contributed by atoms with van der Waals surface area (Å²) >= 11 is 0. The summed E-state index contributed by atoms with van der Waals surface area (Å²) in [6.07, 6.45) is 0.727. The van der Waals surface area contributed by atoms with Crippen molar-refractivity contribution in [1.29, 1.82) is 0 Å². The van der Waals surface area contributed by atoms with E-state index in [1.807, 2.05) is 50.2 Å². The Morgan fingerprint density at radius 3 is 1.55 bits per heavy atom. The fraction of sp³-hybridized carbons (Fsp3) is 0.391. The molecule has 1 saturated heterocycles. The molecule has 2 aromatic carbocycles. The van der Waals surface area contributed by atoms with Crippen LogP contribution in [0.5, 0.6) is 11.5 Å². The summed E-state index contributed by atoms with van der Waals surface area (Å²) in [5, 5.41) is 0. The maximum atomic E-state index is 13.1. The number of nitrogens with zero attached hydrogens (tertiary/aromatic N) is 2. The highest BCUT2D eigenvalue weighted by Gasteiger charge is 2.26. The van der Waals surface area contributed by atoms with E-state index in [-0.39, 0.29) is 11.8 Å². The van der Waals surface area contributed by atoms with Crippen molar-refractivity contribution in [3.05, 3.63) is 59.7 Å². The van der Waals surface area contributed by atoms with Crippen LogP contribution >= 0.6 is 0 Å². The Hall–Kier alpha value is -3.02. The number of amides is 2. The number of hydrogen-bond acceptors (Lipinski definition) is 4. The van der Waals surface area contributed by atoms with E-state index in [0.29, 0.717) is 62.0 Å². The first kappa shape index (κ1) is 20.7. The minimum atomic E-state index is -0.0573. The van der Waals surface area contributed by atoms with Crippen molar-refractivity contribution in [2.45, 2.75) is 20.3 Å². The zero-order chi connectivity index (χ0) is 20.6. The first-order valence-electron chi connectivity index (χ1n) is 10.2. The van der Waals surface area contributed by atoms with Crippen LogP contribution in [-0.4, -0.2) is 61.0 Å². The van der Waals surface area contributed by atoms with Gasteiger partial charge in [0.2, 0.25) is 0 Å². The lowest BCUT2D eigenvalue weighted by molar-refractivity contribution is 0.0714. The zero-order valence-corrected chi connectivity index (χ0v) is 17.1. The van der Waals surface area contributed by atoms with Gasteiger partial charge in [0, 0.05) is 26.2 Å². The third-order valence-electron chi connectivity index (χ3n) is 4.90. The zero-order valence-electron chi connectivity index (χ0n) is 17.1. The van der Waals surface area contributed by atoms with Crippen molar-refractivity contribution < 1.29 is 19.1 Å². The van der Waals surface area contributed by atoms with Crippen LogP contribution in [0.4, 0.5) is 0 Å². The Balaban J connectivity index is 1.71. The lowest BCUT2D eigenvalue weighted by Gasteiger charge is -2.23. The molecule has 0 bridgehead atoms. The Morgan fingerprint density at radius 1 is 0.724 bits per heavy atom. The standard InChI is InChI=1S/C23H28N2O4/c1-3-28-20-12-7-5-10-18(20)22(26)24-14-9-15-25(17-16-24)23(27)19-11-6-8-13-21(19)29-4-2/h5-8,10-13H,3-4,9,14-17H2,1-2H3. The molecule has 2 amide bonds. The smallest absolute Gasteiger partial charge is 0.257 e. The molecule has 1 aliphatic heterocycles. The lowest BCUT2D eigenvalue weighted by atomic mass is 10.1. The van der Waals surface area contributed by atoms with Crippen LogP contribution in [0.15, 0.2) is 48.5 Å². The molecule has 0 unspecified atom stereocenters. The van der Waals surface area contributed by atoms with Gasteiger partial charge in [-0.2, -0.15) is 0 Å². The van der Waals surface area contributed by atoms with Crippen molar-refractivity contribution >= 4 is 11.8 Å². The van der Waals surface area contributed by atoms with Gasteiger partial charge in [-0.15, -0.1) is 0 Å². The second-order valence-electron chi connectivity index (χ2n) is 6.80. The van der Waals surface area contributed by atoms with Crippen LogP contribution < -0.4 is 9.47 Å². The molecule has 1 heterocycles. The normalized spacial score (nSPS) is 14.3. The summed E-state index contributed by atoms with van der Waals surface area (Å²) in [6.45, 7) is 7.00. The molecule has 0 saturated carbocycles. The summed E-state index contributed by atoms with van der Waals surface area (Å²) in [7, 11) is 0. The fourth-order valence-electron chi connectivity index (χ4n) is 3.51. The summed E-state index contributed by atoms with van der Waals surface area (Å²) in [6, 6.07) is 14.6. The Labute approximate surface area is 172 Å². The van der Waals surface area contributed by atoms with Crippen LogP contribution in [0.3, 0.4) is 0 Å². The molecule has 0 atom stereocenters. The molecule has 6 nitrogen and oxygen atoms in total. The highest BCUT2D eigenvalue weighted by molar-refractivity contribution is 5.98. The van der Waals surface area contributed by atoms with Gasteiger partial charge < -0.3 is 19.3 Å². The van der Waals surface area contributed by atoms with Crippen LogP contribution in [0.25, 0.3) is 0 Å². The summed E-state index contributed by atoms with van der Waals surface area (Å²) in [4.78, 5) is 29.7. The molecule has 2 aromatic rings. The predicted molar refractivity (Wildman–Crippen MR) is 112 cm³/mol. The molecule has 0 N–H and O–H groups in total. The molecular formula is C23H28N2O4. The average molecular weight is 396 g/mol. The average Bonchev–Trinajstić information content (AvgIpc) is 3.00. The Bertz CT molecular complexity index is 783. The van der Waals surface area contributed by atoms with E-state index in [9.17, 15) is 9.59 Å². The van der Waals surface area contributed by atoms with Crippen molar-refractivity contribution in [3.63, 3.8) is 0 Å². The molecule has 29 heavy (non-hydrogen) atoms. The van der Waals surface area contributed by atoms with Gasteiger partial charge in [-0.1, -0.05) is 24.3 Å². The first-order valence-corrected chi connectivity index (χ1v) is 10.2. The van der Waals surface area contributed by atoms with Crippen LogP contribution in [0.2, 0.25) is 0 Å². The molecule has 0 aromatic heterocycles. The van der Waals surface area contributed by atoms with Crippen molar-refractivity contribution in [3.8, 4) is 11.5 Å². The second-order valence-corrected chi connectivity index (χ2v) is 6.80. The second kappa shape index (κ2) is 9.96. The molecule has 0 aliphatic carbocycles. The first-order chi connectivity index (χ1) is 14.2. The third kappa shape index (κ3) is 4.88. The molecular weight excluding hydrogens is 368 g/mol.